The summed E-state index contributed by atoms with van der Waals surface area (Å²) in [6.45, 7) is 2.21. The van der Waals surface area contributed by atoms with Gasteiger partial charge in [-0.05, 0) is 41.1 Å². The topological polar surface area (TPSA) is 34.9 Å². The van der Waals surface area contributed by atoms with Crippen LogP contribution < -0.4 is 0 Å². The highest BCUT2D eigenvalue weighted by Crippen LogP contribution is 2.35. The fourth-order valence-corrected chi connectivity index (χ4v) is 3.11. The first-order valence-electron chi connectivity index (χ1n) is 5.85. The molecular formula is C12H17BrN2O. The molecule has 0 bridgehead atoms. The first-order chi connectivity index (χ1) is 7.63. The predicted octanol–water partition coefficient (Wildman–Crippen LogP) is 3.19. The summed E-state index contributed by atoms with van der Waals surface area (Å²) >= 11 is 3.39. The maximum Gasteiger partial charge on any atom is 0.185 e. The Morgan fingerprint density at radius 3 is 2.88 bits per heavy atom. The van der Waals surface area contributed by atoms with Crippen molar-refractivity contribution in [3.63, 3.8) is 0 Å². The Morgan fingerprint density at radius 2 is 2.38 bits per heavy atom. The van der Waals surface area contributed by atoms with Gasteiger partial charge in [-0.15, -0.1) is 0 Å². The molecule has 0 spiro atoms. The average molecular weight is 285 g/mol. The Bertz CT molecular complexity index is 380. The Morgan fingerprint density at radius 1 is 1.62 bits per heavy atom. The fraction of sp³-hybridized carbons (Fsp3) is 0.667. The summed E-state index contributed by atoms with van der Waals surface area (Å²) in [5.74, 6) is 1.19. The van der Waals surface area contributed by atoms with Crippen molar-refractivity contribution in [2.45, 2.75) is 32.6 Å². The van der Waals surface area contributed by atoms with Gasteiger partial charge in [0, 0.05) is 13.0 Å². The summed E-state index contributed by atoms with van der Waals surface area (Å²) in [5.41, 5.74) is 0.724. The van der Waals surface area contributed by atoms with Crippen LogP contribution in [0.1, 0.15) is 43.1 Å². The Kier molecular flexibility index (Phi) is 3.47. The Balaban J connectivity index is 2.15. The number of halogens is 1. The van der Waals surface area contributed by atoms with Crippen LogP contribution in [-0.2, 0) is 7.05 Å². The van der Waals surface area contributed by atoms with E-state index in [4.69, 9.17) is 0 Å². The second-order valence-electron chi connectivity index (χ2n) is 4.61. The van der Waals surface area contributed by atoms with Crippen molar-refractivity contribution < 1.29 is 4.79 Å². The number of Topliss-reactive ketones (excluding diaryl/α,β-unsaturated/α-hetero) is 1. The number of hydrogen-bond acceptors (Lipinski definition) is 2. The molecule has 0 radical (unpaired) electrons. The predicted molar refractivity (Wildman–Crippen MR) is 66.4 cm³/mol. The number of aryl methyl sites for hydroxylation is 1. The van der Waals surface area contributed by atoms with Crippen LogP contribution in [0.5, 0.6) is 0 Å². The number of carbonyl (C=O) groups is 1. The molecule has 0 N–H and O–H groups in total. The normalized spacial score (nSPS) is 24.9. The molecule has 1 saturated carbocycles. The standard InChI is InChI=1S/C12H17BrN2O/c1-3-8-4-5-9(6-8)12(16)11-10(13)7-14-15(11)2/h7-9H,3-6H2,1-2H3. The molecule has 2 unspecified atom stereocenters. The average Bonchev–Trinajstić information content (AvgIpc) is 2.85. The van der Waals surface area contributed by atoms with Crippen LogP contribution in [0.25, 0.3) is 0 Å². The number of carbonyl (C=O) groups excluding carboxylic acids is 1. The summed E-state index contributed by atoms with van der Waals surface area (Å²) in [4.78, 5) is 12.3. The van der Waals surface area contributed by atoms with E-state index in [-0.39, 0.29) is 11.7 Å². The minimum absolute atomic E-state index is 0.205. The maximum absolute atomic E-state index is 12.3. The SMILES string of the molecule is CCC1CCC(C(=O)c2c(Br)cnn2C)C1. The molecule has 1 heterocycles. The molecule has 0 aliphatic heterocycles. The van der Waals surface area contributed by atoms with Crippen LogP contribution in [-0.4, -0.2) is 15.6 Å². The van der Waals surface area contributed by atoms with Crippen LogP contribution in [0.3, 0.4) is 0 Å². The molecule has 16 heavy (non-hydrogen) atoms. The summed E-state index contributed by atoms with van der Waals surface area (Å²) in [5, 5.41) is 4.10. The summed E-state index contributed by atoms with van der Waals surface area (Å²) in [6, 6.07) is 0. The first kappa shape index (κ1) is 11.8. The van der Waals surface area contributed by atoms with Gasteiger partial charge >= 0.3 is 0 Å². The lowest BCUT2D eigenvalue weighted by Gasteiger charge is -2.09. The zero-order valence-corrected chi connectivity index (χ0v) is 11.3. The van der Waals surface area contributed by atoms with Crippen molar-refractivity contribution in [2.24, 2.45) is 18.9 Å². The highest BCUT2D eigenvalue weighted by Gasteiger charge is 2.31. The van der Waals surface area contributed by atoms with Crippen LogP contribution in [0, 0.1) is 11.8 Å². The molecule has 0 saturated heterocycles. The molecule has 1 aromatic heterocycles. The molecule has 88 valence electrons. The molecule has 1 aliphatic carbocycles. The molecule has 2 atom stereocenters. The van der Waals surface area contributed by atoms with E-state index in [1.54, 1.807) is 10.9 Å². The monoisotopic (exact) mass is 284 g/mol. The van der Waals surface area contributed by atoms with E-state index in [0.717, 1.165) is 28.9 Å². The van der Waals surface area contributed by atoms with Gasteiger partial charge in [0.15, 0.2) is 5.78 Å². The lowest BCUT2D eigenvalue weighted by Crippen LogP contribution is -2.16. The fourth-order valence-electron chi connectivity index (χ4n) is 2.57. The van der Waals surface area contributed by atoms with Gasteiger partial charge in [0.25, 0.3) is 0 Å². The Labute approximate surface area is 104 Å². The lowest BCUT2D eigenvalue weighted by atomic mass is 9.97. The number of aromatic nitrogens is 2. The van der Waals surface area contributed by atoms with Crippen LogP contribution >= 0.6 is 15.9 Å². The van der Waals surface area contributed by atoms with E-state index in [0.29, 0.717) is 0 Å². The number of hydrogen-bond donors (Lipinski definition) is 0. The van der Waals surface area contributed by atoms with E-state index < -0.39 is 0 Å². The van der Waals surface area contributed by atoms with Gasteiger partial charge in [0.2, 0.25) is 0 Å². The number of ketones is 1. The van der Waals surface area contributed by atoms with Crippen molar-refractivity contribution in [3.05, 3.63) is 16.4 Å². The zero-order chi connectivity index (χ0) is 11.7. The highest BCUT2D eigenvalue weighted by atomic mass is 79.9. The summed E-state index contributed by atoms with van der Waals surface area (Å²) in [6.07, 6.45) is 6.17. The third-order valence-electron chi connectivity index (χ3n) is 3.62. The van der Waals surface area contributed by atoms with Crippen molar-refractivity contribution >= 4 is 21.7 Å². The third kappa shape index (κ3) is 2.08. The summed E-state index contributed by atoms with van der Waals surface area (Å²) < 4.78 is 2.49. The van der Waals surface area contributed by atoms with E-state index in [1.807, 2.05) is 7.05 Å². The summed E-state index contributed by atoms with van der Waals surface area (Å²) in [7, 11) is 1.82. The maximum atomic E-state index is 12.3. The Hall–Kier alpha value is -0.640. The van der Waals surface area contributed by atoms with E-state index >= 15 is 0 Å². The van der Waals surface area contributed by atoms with Crippen LogP contribution in [0.4, 0.5) is 0 Å². The molecule has 0 aromatic carbocycles. The second-order valence-corrected chi connectivity index (χ2v) is 5.47. The van der Waals surface area contributed by atoms with Gasteiger partial charge in [0.1, 0.15) is 5.69 Å². The molecule has 1 aliphatic rings. The molecule has 0 amide bonds. The minimum atomic E-state index is 0.205. The minimum Gasteiger partial charge on any atom is -0.292 e. The van der Waals surface area contributed by atoms with Gasteiger partial charge < -0.3 is 0 Å². The van der Waals surface area contributed by atoms with Crippen molar-refractivity contribution in [3.8, 4) is 0 Å². The highest BCUT2D eigenvalue weighted by molar-refractivity contribution is 9.10. The van der Waals surface area contributed by atoms with Gasteiger partial charge in [-0.1, -0.05) is 13.3 Å². The lowest BCUT2D eigenvalue weighted by molar-refractivity contribution is 0.0909. The first-order valence-corrected chi connectivity index (χ1v) is 6.64. The second kappa shape index (κ2) is 4.70. The van der Waals surface area contributed by atoms with Crippen molar-refractivity contribution in [1.29, 1.82) is 0 Å². The quantitative estimate of drug-likeness (QED) is 0.799. The van der Waals surface area contributed by atoms with Crippen molar-refractivity contribution in [2.75, 3.05) is 0 Å². The van der Waals surface area contributed by atoms with Crippen molar-refractivity contribution in [1.82, 2.24) is 9.78 Å². The van der Waals surface area contributed by atoms with E-state index in [9.17, 15) is 4.79 Å². The third-order valence-corrected chi connectivity index (χ3v) is 4.20. The zero-order valence-electron chi connectivity index (χ0n) is 9.74. The van der Waals surface area contributed by atoms with Gasteiger partial charge in [-0.2, -0.15) is 5.10 Å². The van der Waals surface area contributed by atoms with Gasteiger partial charge in [0.05, 0.1) is 10.7 Å². The van der Waals surface area contributed by atoms with Crippen LogP contribution in [0.2, 0.25) is 0 Å². The number of rotatable bonds is 3. The largest absolute Gasteiger partial charge is 0.292 e. The number of nitrogens with zero attached hydrogens (tertiary/aromatic N) is 2. The van der Waals surface area contributed by atoms with E-state index in [2.05, 4.69) is 28.0 Å². The van der Waals surface area contributed by atoms with Gasteiger partial charge in [-0.25, -0.2) is 0 Å². The van der Waals surface area contributed by atoms with E-state index in [1.165, 1.54) is 12.8 Å². The smallest absolute Gasteiger partial charge is 0.185 e. The molecule has 1 aromatic rings. The molecule has 3 nitrogen and oxygen atoms in total. The van der Waals surface area contributed by atoms with Gasteiger partial charge in [-0.3, -0.25) is 9.48 Å². The van der Waals surface area contributed by atoms with Crippen LogP contribution in [0.15, 0.2) is 10.7 Å². The molecule has 1 fully saturated rings. The molecule has 2 rings (SSSR count). The molecule has 4 heteroatoms. The molecular weight excluding hydrogens is 268 g/mol.